The molecule has 0 saturated heterocycles. The molecule has 0 aliphatic carbocycles. The number of hydrogen-bond acceptors (Lipinski definition) is 3. The molecule has 0 radical (unpaired) electrons. The number of carbonyl (C=O) groups is 1. The van der Waals surface area contributed by atoms with Crippen LogP contribution in [0.4, 0.5) is 0 Å². The third-order valence-corrected chi connectivity index (χ3v) is 4.84. The number of thioether (sulfide) groups is 1. The van der Waals surface area contributed by atoms with Crippen LogP contribution >= 0.6 is 11.8 Å². The highest BCUT2D eigenvalue weighted by Gasteiger charge is 2.16. The minimum absolute atomic E-state index is 0.0140. The Labute approximate surface area is 155 Å². The maximum absolute atomic E-state index is 13.0. The Balaban J connectivity index is 1.72. The molecule has 0 saturated carbocycles. The number of H-pyrrole nitrogens is 1. The highest BCUT2D eigenvalue weighted by atomic mass is 32.2. The van der Waals surface area contributed by atoms with Crippen LogP contribution in [0.3, 0.4) is 0 Å². The summed E-state index contributed by atoms with van der Waals surface area (Å²) in [4.78, 5) is 21.5. The molecule has 0 spiro atoms. The first kappa shape index (κ1) is 16.4. The van der Waals surface area contributed by atoms with Gasteiger partial charge in [-0.1, -0.05) is 72.8 Å². The Morgan fingerprint density at radius 3 is 2.23 bits per heavy atom. The molecule has 0 unspecified atom stereocenters. The van der Waals surface area contributed by atoms with E-state index >= 15 is 0 Å². The van der Waals surface area contributed by atoms with E-state index in [1.54, 1.807) is 0 Å². The van der Waals surface area contributed by atoms with Gasteiger partial charge in [-0.15, -0.1) is 0 Å². The standard InChI is InChI=1S/C22H16N2OS/c25-21(17-11-5-2-6-12-17)20(15-16-9-3-1-4-10-16)26-22-23-18-13-7-8-14-19(18)24-22/h1-15H,(H,23,24)/b20-15+. The molecule has 0 aliphatic heterocycles. The second-order valence-corrected chi connectivity index (χ2v) is 6.81. The first-order chi connectivity index (χ1) is 12.8. The van der Waals surface area contributed by atoms with Gasteiger partial charge in [-0.05, 0) is 35.5 Å². The van der Waals surface area contributed by atoms with Gasteiger partial charge in [0.05, 0.1) is 15.9 Å². The van der Waals surface area contributed by atoms with Crippen LogP contribution in [-0.2, 0) is 0 Å². The van der Waals surface area contributed by atoms with Crippen molar-refractivity contribution in [1.29, 1.82) is 0 Å². The van der Waals surface area contributed by atoms with Gasteiger partial charge in [0.2, 0.25) is 0 Å². The number of ketones is 1. The largest absolute Gasteiger partial charge is 0.333 e. The molecule has 0 atom stereocenters. The molecule has 3 nitrogen and oxygen atoms in total. The van der Waals surface area contributed by atoms with E-state index in [1.165, 1.54) is 11.8 Å². The Hall–Kier alpha value is -3.11. The Bertz CT molecular complexity index is 1040. The highest BCUT2D eigenvalue weighted by Crippen LogP contribution is 2.30. The summed E-state index contributed by atoms with van der Waals surface area (Å²) in [6.45, 7) is 0. The number of fused-ring (bicyclic) bond motifs is 1. The van der Waals surface area contributed by atoms with Crippen molar-refractivity contribution in [3.05, 3.63) is 101 Å². The van der Waals surface area contributed by atoms with Crippen LogP contribution in [0.1, 0.15) is 15.9 Å². The monoisotopic (exact) mass is 356 g/mol. The number of benzene rings is 3. The lowest BCUT2D eigenvalue weighted by molar-refractivity contribution is 0.104. The van der Waals surface area contributed by atoms with Gasteiger partial charge in [0.25, 0.3) is 0 Å². The average molecular weight is 356 g/mol. The lowest BCUT2D eigenvalue weighted by Gasteiger charge is -2.05. The summed E-state index contributed by atoms with van der Waals surface area (Å²) >= 11 is 1.36. The zero-order valence-corrected chi connectivity index (χ0v) is 14.7. The second kappa shape index (κ2) is 7.42. The molecule has 1 heterocycles. The van der Waals surface area contributed by atoms with Gasteiger partial charge in [0, 0.05) is 5.56 Å². The van der Waals surface area contributed by atoms with Crippen molar-refractivity contribution < 1.29 is 4.79 Å². The number of Topliss-reactive ketones (excluding diaryl/α,β-unsaturated/α-hetero) is 1. The van der Waals surface area contributed by atoms with E-state index in [4.69, 9.17) is 0 Å². The van der Waals surface area contributed by atoms with Crippen molar-refractivity contribution in [2.75, 3.05) is 0 Å². The number of nitrogens with zero attached hydrogens (tertiary/aromatic N) is 1. The normalized spacial score (nSPS) is 11.6. The van der Waals surface area contributed by atoms with E-state index in [0.717, 1.165) is 16.6 Å². The lowest BCUT2D eigenvalue weighted by Crippen LogP contribution is -2.01. The topological polar surface area (TPSA) is 45.8 Å². The van der Waals surface area contributed by atoms with Crippen LogP contribution in [0.15, 0.2) is 95.0 Å². The lowest BCUT2D eigenvalue weighted by atomic mass is 10.1. The number of allylic oxidation sites excluding steroid dienone is 1. The summed E-state index contributed by atoms with van der Waals surface area (Å²) in [6.07, 6.45) is 1.91. The van der Waals surface area contributed by atoms with E-state index in [9.17, 15) is 4.79 Å². The summed E-state index contributed by atoms with van der Waals surface area (Å²) in [5, 5.41) is 0.706. The van der Waals surface area contributed by atoms with Crippen molar-refractivity contribution >= 4 is 34.7 Å². The quantitative estimate of drug-likeness (QED) is 0.288. The number of carbonyl (C=O) groups excluding carboxylic acids is 1. The smallest absolute Gasteiger partial charge is 0.199 e. The summed E-state index contributed by atoms with van der Waals surface area (Å²) < 4.78 is 0. The van der Waals surface area contributed by atoms with Gasteiger partial charge in [0.1, 0.15) is 0 Å². The Morgan fingerprint density at radius 2 is 1.50 bits per heavy atom. The van der Waals surface area contributed by atoms with Crippen molar-refractivity contribution in [2.45, 2.75) is 5.16 Å². The molecule has 4 rings (SSSR count). The predicted molar refractivity (Wildman–Crippen MR) is 107 cm³/mol. The van der Waals surface area contributed by atoms with Gasteiger partial charge >= 0.3 is 0 Å². The van der Waals surface area contributed by atoms with Gasteiger partial charge in [0.15, 0.2) is 10.9 Å². The summed E-state index contributed by atoms with van der Waals surface area (Å²) in [6, 6.07) is 27.0. The molecule has 1 aromatic heterocycles. The van der Waals surface area contributed by atoms with E-state index in [0.29, 0.717) is 15.6 Å². The van der Waals surface area contributed by atoms with Crippen LogP contribution < -0.4 is 0 Å². The predicted octanol–water partition coefficient (Wildman–Crippen LogP) is 5.58. The van der Waals surface area contributed by atoms with Crippen molar-refractivity contribution in [3.8, 4) is 0 Å². The molecule has 126 valence electrons. The fraction of sp³-hybridized carbons (Fsp3) is 0. The minimum atomic E-state index is -0.0140. The number of nitrogens with one attached hydrogen (secondary N) is 1. The van der Waals surface area contributed by atoms with E-state index in [2.05, 4.69) is 9.97 Å². The molecule has 4 aromatic rings. The molecule has 0 fully saturated rings. The van der Waals surface area contributed by atoms with Crippen LogP contribution in [0, 0.1) is 0 Å². The first-order valence-corrected chi connectivity index (χ1v) is 9.10. The highest BCUT2D eigenvalue weighted by molar-refractivity contribution is 8.04. The molecule has 1 N–H and O–H groups in total. The van der Waals surface area contributed by atoms with Gasteiger partial charge in [-0.2, -0.15) is 0 Å². The molecular formula is C22H16N2OS. The molecule has 0 aliphatic rings. The average Bonchev–Trinajstić information content (AvgIpc) is 3.11. The molecule has 0 bridgehead atoms. The Morgan fingerprint density at radius 1 is 0.846 bits per heavy atom. The maximum atomic E-state index is 13.0. The van der Waals surface area contributed by atoms with Gasteiger partial charge in [-0.25, -0.2) is 4.98 Å². The molecule has 3 aromatic carbocycles. The zero-order chi connectivity index (χ0) is 17.8. The molecule has 0 amide bonds. The summed E-state index contributed by atoms with van der Waals surface area (Å²) in [7, 11) is 0. The van der Waals surface area contributed by atoms with E-state index in [-0.39, 0.29) is 5.78 Å². The van der Waals surface area contributed by atoms with Gasteiger partial charge in [-0.3, -0.25) is 4.79 Å². The van der Waals surface area contributed by atoms with Crippen molar-refractivity contribution in [1.82, 2.24) is 9.97 Å². The van der Waals surface area contributed by atoms with Crippen molar-refractivity contribution in [2.24, 2.45) is 0 Å². The van der Waals surface area contributed by atoms with Gasteiger partial charge < -0.3 is 4.98 Å². The summed E-state index contributed by atoms with van der Waals surface area (Å²) in [5.41, 5.74) is 3.50. The number of rotatable bonds is 5. The maximum Gasteiger partial charge on any atom is 0.199 e. The number of para-hydroxylation sites is 2. The second-order valence-electron chi connectivity index (χ2n) is 5.78. The van der Waals surface area contributed by atoms with Crippen LogP contribution in [0.5, 0.6) is 0 Å². The number of imidazole rings is 1. The Kier molecular flexibility index (Phi) is 4.67. The van der Waals surface area contributed by atoms with Crippen LogP contribution in [0.25, 0.3) is 17.1 Å². The van der Waals surface area contributed by atoms with E-state index < -0.39 is 0 Å². The first-order valence-electron chi connectivity index (χ1n) is 8.29. The molecular weight excluding hydrogens is 340 g/mol. The SMILES string of the molecule is O=C(/C(=C\c1ccccc1)Sc1nc2ccccc2[nH]1)c1ccccc1. The fourth-order valence-corrected chi connectivity index (χ4v) is 3.57. The van der Waals surface area contributed by atoms with Crippen LogP contribution in [0.2, 0.25) is 0 Å². The van der Waals surface area contributed by atoms with Crippen molar-refractivity contribution in [3.63, 3.8) is 0 Å². The number of aromatic nitrogens is 2. The minimum Gasteiger partial charge on any atom is -0.333 e. The third-order valence-electron chi connectivity index (χ3n) is 3.93. The van der Waals surface area contributed by atoms with Crippen LogP contribution in [-0.4, -0.2) is 15.8 Å². The van der Waals surface area contributed by atoms with E-state index in [1.807, 2.05) is 91.0 Å². The third kappa shape index (κ3) is 3.60. The fourth-order valence-electron chi connectivity index (χ4n) is 2.66. The summed E-state index contributed by atoms with van der Waals surface area (Å²) in [5.74, 6) is -0.0140. The number of hydrogen-bond donors (Lipinski definition) is 1. The number of aromatic amines is 1. The molecule has 4 heteroatoms. The zero-order valence-electron chi connectivity index (χ0n) is 13.9. The molecule has 26 heavy (non-hydrogen) atoms.